The summed E-state index contributed by atoms with van der Waals surface area (Å²) in [6, 6.07) is 22.9. The van der Waals surface area contributed by atoms with Gasteiger partial charge in [0.05, 0.1) is 0 Å². The largest absolute Gasteiger partial charge is 0.457 e. The van der Waals surface area contributed by atoms with Crippen molar-refractivity contribution in [3.63, 3.8) is 0 Å². The zero-order valence-corrected chi connectivity index (χ0v) is 13.5. The minimum Gasteiger partial charge on any atom is -0.457 e. The molecule has 1 aliphatic rings. The molecule has 0 aromatic heterocycles. The normalized spacial score (nSPS) is 12.2. The first-order valence-electron chi connectivity index (χ1n) is 7.68. The topological polar surface area (TPSA) is 35.2 Å². The molecular formula is C20H17NOS. The number of para-hydroxylation sites is 1. The Kier molecular flexibility index (Phi) is 3.82. The summed E-state index contributed by atoms with van der Waals surface area (Å²) in [5.74, 6) is 1.93. The molecule has 0 fully saturated rings. The van der Waals surface area contributed by atoms with Crippen molar-refractivity contribution < 1.29 is 4.74 Å². The van der Waals surface area contributed by atoms with Gasteiger partial charge >= 0.3 is 0 Å². The maximum absolute atomic E-state index is 6.06. The molecule has 0 bridgehead atoms. The van der Waals surface area contributed by atoms with Gasteiger partial charge in [0.15, 0.2) is 0 Å². The molecular weight excluding hydrogens is 302 g/mol. The van der Waals surface area contributed by atoms with E-state index >= 15 is 0 Å². The first-order valence-corrected chi connectivity index (χ1v) is 8.49. The van der Waals surface area contributed by atoms with Crippen LogP contribution < -0.4 is 10.5 Å². The average Bonchev–Trinajstić information content (AvgIpc) is 2.61. The monoisotopic (exact) mass is 319 g/mol. The molecule has 0 radical (unpaired) electrons. The van der Waals surface area contributed by atoms with Gasteiger partial charge in [-0.05, 0) is 41.5 Å². The lowest BCUT2D eigenvalue weighted by molar-refractivity contribution is 0.457. The van der Waals surface area contributed by atoms with Crippen LogP contribution in [0.4, 0.5) is 0 Å². The summed E-state index contributed by atoms with van der Waals surface area (Å²) in [6.45, 7) is 0.580. The number of benzene rings is 3. The summed E-state index contributed by atoms with van der Waals surface area (Å²) < 4.78 is 6.06. The predicted octanol–water partition coefficient (Wildman–Crippen LogP) is 4.99. The molecule has 3 heteroatoms. The van der Waals surface area contributed by atoms with Crippen molar-refractivity contribution in [2.75, 3.05) is 0 Å². The number of nitrogens with two attached hydrogens (primary N) is 1. The maximum atomic E-state index is 6.06. The summed E-state index contributed by atoms with van der Waals surface area (Å²) in [7, 11) is 0. The number of hydrogen-bond acceptors (Lipinski definition) is 3. The van der Waals surface area contributed by atoms with Crippen LogP contribution in [0.2, 0.25) is 0 Å². The minimum atomic E-state index is 0.580. The molecule has 3 aromatic carbocycles. The second-order valence-corrected chi connectivity index (χ2v) is 6.68. The Bertz CT molecular complexity index is 843. The molecule has 0 unspecified atom stereocenters. The van der Waals surface area contributed by atoms with Crippen LogP contribution in [0.5, 0.6) is 11.5 Å². The van der Waals surface area contributed by atoms with Gasteiger partial charge in [-0.2, -0.15) is 0 Å². The summed E-state index contributed by atoms with van der Waals surface area (Å²) in [5, 5.41) is 0. The van der Waals surface area contributed by atoms with Gasteiger partial charge in [-0.1, -0.05) is 48.2 Å². The van der Waals surface area contributed by atoms with Crippen molar-refractivity contribution in [3.05, 3.63) is 83.4 Å². The van der Waals surface area contributed by atoms with Crippen LogP contribution in [0.3, 0.4) is 0 Å². The van der Waals surface area contributed by atoms with Gasteiger partial charge in [-0.25, -0.2) is 0 Å². The quantitative estimate of drug-likeness (QED) is 0.577. The van der Waals surface area contributed by atoms with Crippen LogP contribution in [-0.4, -0.2) is 0 Å². The van der Waals surface area contributed by atoms with E-state index in [0.29, 0.717) is 6.54 Å². The zero-order valence-electron chi connectivity index (χ0n) is 12.7. The molecule has 0 aliphatic carbocycles. The Hall–Kier alpha value is -2.23. The van der Waals surface area contributed by atoms with Crippen molar-refractivity contribution >= 4 is 11.8 Å². The van der Waals surface area contributed by atoms with E-state index in [0.717, 1.165) is 23.5 Å². The van der Waals surface area contributed by atoms with E-state index in [4.69, 9.17) is 10.5 Å². The van der Waals surface area contributed by atoms with Crippen molar-refractivity contribution in [1.29, 1.82) is 0 Å². The summed E-state index contributed by atoms with van der Waals surface area (Å²) in [4.78, 5) is 2.46. The Labute approximate surface area is 140 Å². The molecule has 2 nitrogen and oxygen atoms in total. The third-order valence-corrected chi connectivity index (χ3v) is 5.15. The maximum Gasteiger partial charge on any atom is 0.132 e. The first kappa shape index (κ1) is 14.4. The van der Waals surface area contributed by atoms with Crippen molar-refractivity contribution in [3.8, 4) is 11.5 Å². The third-order valence-electron chi connectivity index (χ3n) is 4.04. The Balaban J connectivity index is 1.66. The van der Waals surface area contributed by atoms with E-state index in [1.807, 2.05) is 18.2 Å². The van der Waals surface area contributed by atoms with Gasteiger partial charge < -0.3 is 10.5 Å². The van der Waals surface area contributed by atoms with Gasteiger partial charge in [-0.3, -0.25) is 0 Å². The lowest BCUT2D eigenvalue weighted by atomic mass is 10.0. The predicted molar refractivity (Wildman–Crippen MR) is 94.2 cm³/mol. The highest BCUT2D eigenvalue weighted by Gasteiger charge is 2.19. The lowest BCUT2D eigenvalue weighted by Crippen LogP contribution is -2.03. The molecule has 1 heterocycles. The van der Waals surface area contributed by atoms with Crippen molar-refractivity contribution in [2.45, 2.75) is 22.8 Å². The minimum absolute atomic E-state index is 0.580. The molecule has 0 amide bonds. The molecule has 114 valence electrons. The number of hydrogen-bond donors (Lipinski definition) is 1. The standard InChI is InChI=1S/C20H17NOS/c21-13-14-8-10-16(11-9-14)23-20-7-3-6-19-17(20)12-15-4-1-2-5-18(15)22-19/h1-11H,12-13,21H2. The fourth-order valence-corrected chi connectivity index (χ4v) is 3.76. The van der Waals surface area contributed by atoms with Crippen LogP contribution in [-0.2, 0) is 13.0 Å². The summed E-state index contributed by atoms with van der Waals surface area (Å²) in [6.07, 6.45) is 0.912. The molecule has 0 saturated carbocycles. The fourth-order valence-electron chi connectivity index (χ4n) is 2.79. The molecule has 1 aliphatic heterocycles. The zero-order chi connectivity index (χ0) is 15.6. The van der Waals surface area contributed by atoms with Crippen LogP contribution in [0, 0.1) is 0 Å². The van der Waals surface area contributed by atoms with Gasteiger partial charge in [0.2, 0.25) is 0 Å². The summed E-state index contributed by atoms with van der Waals surface area (Å²) in [5.41, 5.74) is 9.33. The van der Waals surface area contributed by atoms with E-state index in [1.54, 1.807) is 11.8 Å². The van der Waals surface area contributed by atoms with Crippen molar-refractivity contribution in [2.24, 2.45) is 5.73 Å². The average molecular weight is 319 g/mol. The smallest absolute Gasteiger partial charge is 0.132 e. The van der Waals surface area contributed by atoms with Gasteiger partial charge in [0.25, 0.3) is 0 Å². The molecule has 4 rings (SSSR count). The highest BCUT2D eigenvalue weighted by molar-refractivity contribution is 7.99. The van der Waals surface area contributed by atoms with E-state index < -0.39 is 0 Å². The Morgan fingerprint density at radius 3 is 2.48 bits per heavy atom. The van der Waals surface area contributed by atoms with Crippen molar-refractivity contribution in [1.82, 2.24) is 0 Å². The lowest BCUT2D eigenvalue weighted by Gasteiger charge is -2.22. The van der Waals surface area contributed by atoms with E-state index in [1.165, 1.54) is 20.9 Å². The second-order valence-electron chi connectivity index (χ2n) is 5.57. The Morgan fingerprint density at radius 2 is 1.65 bits per heavy atom. The third kappa shape index (κ3) is 2.85. The molecule has 0 spiro atoms. The van der Waals surface area contributed by atoms with E-state index in [9.17, 15) is 0 Å². The van der Waals surface area contributed by atoms with Gasteiger partial charge in [0, 0.05) is 28.3 Å². The number of fused-ring (bicyclic) bond motifs is 2. The van der Waals surface area contributed by atoms with Crippen LogP contribution in [0.1, 0.15) is 16.7 Å². The number of ether oxygens (including phenoxy) is 1. The molecule has 0 saturated heterocycles. The van der Waals surface area contributed by atoms with E-state index in [2.05, 4.69) is 48.5 Å². The SMILES string of the molecule is NCc1ccc(Sc2cccc3c2Cc2ccccc2O3)cc1. The van der Waals surface area contributed by atoms with Gasteiger partial charge in [0.1, 0.15) is 11.5 Å². The van der Waals surface area contributed by atoms with Crippen LogP contribution in [0.15, 0.2) is 76.5 Å². The number of rotatable bonds is 3. The van der Waals surface area contributed by atoms with Crippen LogP contribution >= 0.6 is 11.8 Å². The van der Waals surface area contributed by atoms with Crippen LogP contribution in [0.25, 0.3) is 0 Å². The fraction of sp³-hybridized carbons (Fsp3) is 0.100. The van der Waals surface area contributed by atoms with Gasteiger partial charge in [-0.15, -0.1) is 0 Å². The summed E-state index contributed by atoms with van der Waals surface area (Å²) >= 11 is 1.78. The highest BCUT2D eigenvalue weighted by atomic mass is 32.2. The molecule has 0 atom stereocenters. The second kappa shape index (κ2) is 6.11. The molecule has 2 N–H and O–H groups in total. The highest BCUT2D eigenvalue weighted by Crippen LogP contribution is 2.42. The molecule has 3 aromatic rings. The van der Waals surface area contributed by atoms with E-state index in [-0.39, 0.29) is 0 Å². The molecule has 23 heavy (non-hydrogen) atoms. The first-order chi connectivity index (χ1) is 11.3. The Morgan fingerprint density at radius 1 is 0.870 bits per heavy atom.